The summed E-state index contributed by atoms with van der Waals surface area (Å²) < 4.78 is 5.23. The average molecular weight is 288 g/mol. The maximum atomic E-state index is 12.8. The minimum absolute atomic E-state index is 0.213. The van der Waals surface area contributed by atoms with E-state index < -0.39 is 0 Å². The monoisotopic (exact) mass is 288 g/mol. The third kappa shape index (κ3) is 3.11. The molecule has 1 fully saturated rings. The van der Waals surface area contributed by atoms with Crippen molar-refractivity contribution in [3.8, 4) is 0 Å². The lowest BCUT2D eigenvalue weighted by Crippen LogP contribution is -2.40. The minimum Gasteiger partial charge on any atom is -0.384 e. The SMILES string of the molecule is COCC1CCN(C(=O)c2cccc3c2CCNC3)CC1. The summed E-state index contributed by atoms with van der Waals surface area (Å²) in [4.78, 5) is 14.8. The van der Waals surface area contributed by atoms with Crippen molar-refractivity contribution < 1.29 is 9.53 Å². The van der Waals surface area contributed by atoms with Gasteiger partial charge >= 0.3 is 0 Å². The first kappa shape index (κ1) is 14.5. The Labute approximate surface area is 126 Å². The number of hydrogen-bond donors (Lipinski definition) is 1. The van der Waals surface area contributed by atoms with Gasteiger partial charge < -0.3 is 15.0 Å². The molecule has 21 heavy (non-hydrogen) atoms. The standard InChI is InChI=1S/C17H24N2O2/c1-21-12-13-6-9-19(10-7-13)17(20)16-4-2-3-14-11-18-8-5-15(14)16/h2-4,13,18H,5-12H2,1H3. The highest BCUT2D eigenvalue weighted by Gasteiger charge is 2.26. The number of carbonyl (C=O) groups excluding carboxylic acids is 1. The molecular weight excluding hydrogens is 264 g/mol. The molecule has 2 heterocycles. The van der Waals surface area contributed by atoms with E-state index in [1.165, 1.54) is 11.1 Å². The number of methoxy groups -OCH3 is 1. The van der Waals surface area contributed by atoms with Gasteiger partial charge in [-0.25, -0.2) is 0 Å². The van der Waals surface area contributed by atoms with Gasteiger partial charge in [0, 0.05) is 38.9 Å². The first-order chi connectivity index (χ1) is 10.3. The van der Waals surface area contributed by atoms with Gasteiger partial charge in [0.1, 0.15) is 0 Å². The Kier molecular flexibility index (Phi) is 4.56. The molecule has 4 heteroatoms. The lowest BCUT2D eigenvalue weighted by molar-refractivity contribution is 0.0612. The summed E-state index contributed by atoms with van der Waals surface area (Å²) in [5, 5.41) is 3.37. The van der Waals surface area contributed by atoms with Gasteiger partial charge in [0.15, 0.2) is 0 Å². The van der Waals surface area contributed by atoms with Gasteiger partial charge in [-0.2, -0.15) is 0 Å². The van der Waals surface area contributed by atoms with E-state index in [4.69, 9.17) is 4.74 Å². The van der Waals surface area contributed by atoms with Crippen molar-refractivity contribution in [1.29, 1.82) is 0 Å². The van der Waals surface area contributed by atoms with E-state index in [0.717, 1.165) is 57.6 Å². The number of carbonyl (C=O) groups is 1. The zero-order valence-electron chi connectivity index (χ0n) is 12.7. The molecule has 4 nitrogen and oxygen atoms in total. The number of likely N-dealkylation sites (tertiary alicyclic amines) is 1. The average Bonchev–Trinajstić information content (AvgIpc) is 2.55. The molecule has 0 aliphatic carbocycles. The van der Waals surface area contributed by atoms with Gasteiger partial charge in [0.2, 0.25) is 0 Å². The molecule has 1 saturated heterocycles. The molecular formula is C17H24N2O2. The van der Waals surface area contributed by atoms with Crippen LogP contribution in [0.4, 0.5) is 0 Å². The number of nitrogens with one attached hydrogen (secondary N) is 1. The van der Waals surface area contributed by atoms with Crippen molar-refractivity contribution in [3.63, 3.8) is 0 Å². The fourth-order valence-corrected chi connectivity index (χ4v) is 3.44. The number of fused-ring (bicyclic) bond motifs is 1. The van der Waals surface area contributed by atoms with Gasteiger partial charge in [-0.3, -0.25) is 4.79 Å². The Hall–Kier alpha value is -1.39. The maximum Gasteiger partial charge on any atom is 0.254 e. The number of nitrogens with zero attached hydrogens (tertiary/aromatic N) is 1. The van der Waals surface area contributed by atoms with Crippen LogP contribution in [0.5, 0.6) is 0 Å². The van der Waals surface area contributed by atoms with E-state index in [-0.39, 0.29) is 5.91 Å². The summed E-state index contributed by atoms with van der Waals surface area (Å²) in [6, 6.07) is 6.13. The Morgan fingerprint density at radius 3 is 2.95 bits per heavy atom. The third-order valence-corrected chi connectivity index (χ3v) is 4.67. The van der Waals surface area contributed by atoms with Crippen LogP contribution in [0.2, 0.25) is 0 Å². The number of piperidine rings is 1. The fourth-order valence-electron chi connectivity index (χ4n) is 3.44. The van der Waals surface area contributed by atoms with Gasteiger partial charge in [-0.05, 0) is 48.9 Å². The second kappa shape index (κ2) is 6.58. The quantitative estimate of drug-likeness (QED) is 0.922. The molecule has 2 aliphatic rings. The highest BCUT2D eigenvalue weighted by atomic mass is 16.5. The molecule has 2 aliphatic heterocycles. The molecule has 1 aromatic rings. The van der Waals surface area contributed by atoms with Crippen LogP contribution < -0.4 is 5.32 Å². The normalized spacial score (nSPS) is 19.4. The van der Waals surface area contributed by atoms with Crippen LogP contribution in [-0.4, -0.2) is 44.2 Å². The molecule has 1 aromatic carbocycles. The fraction of sp³-hybridized carbons (Fsp3) is 0.588. The van der Waals surface area contributed by atoms with E-state index in [1.54, 1.807) is 7.11 Å². The topological polar surface area (TPSA) is 41.6 Å². The largest absolute Gasteiger partial charge is 0.384 e. The number of hydrogen-bond acceptors (Lipinski definition) is 3. The molecule has 3 rings (SSSR count). The van der Waals surface area contributed by atoms with Crippen LogP contribution >= 0.6 is 0 Å². The van der Waals surface area contributed by atoms with Gasteiger partial charge in [-0.1, -0.05) is 12.1 Å². The van der Waals surface area contributed by atoms with Crippen molar-refractivity contribution in [2.75, 3.05) is 33.4 Å². The molecule has 114 valence electrons. The van der Waals surface area contributed by atoms with Crippen molar-refractivity contribution >= 4 is 5.91 Å². The third-order valence-electron chi connectivity index (χ3n) is 4.67. The Morgan fingerprint density at radius 1 is 1.38 bits per heavy atom. The first-order valence-electron chi connectivity index (χ1n) is 7.89. The summed E-state index contributed by atoms with van der Waals surface area (Å²) >= 11 is 0. The second-order valence-corrected chi connectivity index (χ2v) is 6.06. The van der Waals surface area contributed by atoms with E-state index in [1.807, 2.05) is 17.0 Å². The highest BCUT2D eigenvalue weighted by Crippen LogP contribution is 2.23. The molecule has 0 radical (unpaired) electrons. The summed E-state index contributed by atoms with van der Waals surface area (Å²) in [5.74, 6) is 0.817. The van der Waals surface area contributed by atoms with E-state index in [0.29, 0.717) is 5.92 Å². The summed E-state index contributed by atoms with van der Waals surface area (Å²) in [6.07, 6.45) is 3.06. The predicted molar refractivity (Wildman–Crippen MR) is 82.4 cm³/mol. The first-order valence-corrected chi connectivity index (χ1v) is 7.89. The smallest absolute Gasteiger partial charge is 0.254 e. The molecule has 0 atom stereocenters. The Balaban J connectivity index is 1.72. The van der Waals surface area contributed by atoms with Crippen LogP contribution in [-0.2, 0) is 17.7 Å². The summed E-state index contributed by atoms with van der Waals surface area (Å²) in [7, 11) is 1.75. The van der Waals surface area contributed by atoms with Gasteiger partial charge in [0.05, 0.1) is 0 Å². The van der Waals surface area contributed by atoms with Crippen LogP contribution in [0.3, 0.4) is 0 Å². The molecule has 0 saturated carbocycles. The molecule has 1 amide bonds. The molecule has 0 spiro atoms. The number of amides is 1. The molecule has 0 aromatic heterocycles. The summed E-state index contributed by atoms with van der Waals surface area (Å²) in [5.41, 5.74) is 3.45. The van der Waals surface area contributed by atoms with Crippen LogP contribution in [0.25, 0.3) is 0 Å². The Bertz CT molecular complexity index is 508. The predicted octanol–water partition coefficient (Wildman–Crippen LogP) is 1.83. The van der Waals surface area contributed by atoms with E-state index in [2.05, 4.69) is 11.4 Å². The molecule has 0 unspecified atom stereocenters. The molecule has 1 N–H and O–H groups in total. The van der Waals surface area contributed by atoms with Crippen molar-refractivity contribution in [1.82, 2.24) is 10.2 Å². The van der Waals surface area contributed by atoms with E-state index >= 15 is 0 Å². The lowest BCUT2D eigenvalue weighted by atomic mass is 9.93. The van der Waals surface area contributed by atoms with Crippen molar-refractivity contribution in [2.45, 2.75) is 25.8 Å². The van der Waals surface area contributed by atoms with Crippen molar-refractivity contribution in [3.05, 3.63) is 34.9 Å². The zero-order valence-corrected chi connectivity index (χ0v) is 12.7. The number of rotatable bonds is 3. The second-order valence-electron chi connectivity index (χ2n) is 6.06. The lowest BCUT2D eigenvalue weighted by Gasteiger charge is -2.32. The number of benzene rings is 1. The highest BCUT2D eigenvalue weighted by molar-refractivity contribution is 5.96. The minimum atomic E-state index is 0.213. The molecule has 0 bridgehead atoms. The summed E-state index contributed by atoms with van der Waals surface area (Å²) in [6.45, 7) is 4.37. The van der Waals surface area contributed by atoms with Crippen LogP contribution in [0.1, 0.15) is 34.3 Å². The Morgan fingerprint density at radius 2 is 2.19 bits per heavy atom. The van der Waals surface area contributed by atoms with Crippen LogP contribution in [0.15, 0.2) is 18.2 Å². The maximum absolute atomic E-state index is 12.8. The zero-order chi connectivity index (χ0) is 14.7. The van der Waals surface area contributed by atoms with Gasteiger partial charge in [0.25, 0.3) is 5.91 Å². The van der Waals surface area contributed by atoms with Crippen molar-refractivity contribution in [2.24, 2.45) is 5.92 Å². The van der Waals surface area contributed by atoms with Crippen LogP contribution in [0, 0.1) is 5.92 Å². The van der Waals surface area contributed by atoms with Gasteiger partial charge in [-0.15, -0.1) is 0 Å². The number of ether oxygens (including phenoxy) is 1. The van der Waals surface area contributed by atoms with E-state index in [9.17, 15) is 4.79 Å².